The Kier molecular flexibility index (Phi) is 4.09. The average Bonchev–Trinajstić information content (AvgIpc) is 2.93. The smallest absolute Gasteiger partial charge is 0.320 e. The molecule has 1 aromatic rings. The van der Waals surface area contributed by atoms with Crippen molar-refractivity contribution in [3.05, 3.63) is 12.0 Å². The standard InChI is InChI=1S/C15H22FN5O2/c1-20(2)12-10(16)8-17-14(19-12)21-5-3-15(4-6-21)7-11(13(22)23)18-9-15/h8,11,18H,3-7,9H2,1-2H3,(H,22,23)/t11-/m1/s1. The van der Waals surface area contributed by atoms with Gasteiger partial charge in [0.15, 0.2) is 11.6 Å². The van der Waals surface area contributed by atoms with Crippen LogP contribution in [0.3, 0.4) is 0 Å². The lowest BCUT2D eigenvalue weighted by Gasteiger charge is -2.39. The molecular formula is C15H22FN5O2. The van der Waals surface area contributed by atoms with E-state index in [-0.39, 0.29) is 11.2 Å². The number of nitrogens with one attached hydrogen (secondary N) is 1. The van der Waals surface area contributed by atoms with Crippen LogP contribution < -0.4 is 15.1 Å². The van der Waals surface area contributed by atoms with E-state index in [4.69, 9.17) is 5.11 Å². The highest BCUT2D eigenvalue weighted by molar-refractivity contribution is 5.74. The number of piperidine rings is 1. The van der Waals surface area contributed by atoms with Gasteiger partial charge in [0.2, 0.25) is 5.95 Å². The van der Waals surface area contributed by atoms with Crippen LogP contribution in [-0.4, -0.2) is 60.8 Å². The molecule has 0 aromatic carbocycles. The minimum atomic E-state index is -0.776. The summed E-state index contributed by atoms with van der Waals surface area (Å²) in [5.74, 6) is -0.396. The van der Waals surface area contributed by atoms with Crippen LogP contribution in [0.2, 0.25) is 0 Å². The van der Waals surface area contributed by atoms with E-state index in [9.17, 15) is 9.18 Å². The Labute approximate surface area is 134 Å². The van der Waals surface area contributed by atoms with Crippen molar-refractivity contribution in [1.82, 2.24) is 15.3 Å². The van der Waals surface area contributed by atoms with Crippen LogP contribution in [0.1, 0.15) is 19.3 Å². The fraction of sp³-hybridized carbons (Fsp3) is 0.667. The number of carbonyl (C=O) groups is 1. The quantitative estimate of drug-likeness (QED) is 0.848. The average molecular weight is 323 g/mol. The summed E-state index contributed by atoms with van der Waals surface area (Å²) >= 11 is 0. The lowest BCUT2D eigenvalue weighted by atomic mass is 9.76. The van der Waals surface area contributed by atoms with Crippen molar-refractivity contribution in [3.8, 4) is 0 Å². The second-order valence-electron chi connectivity index (χ2n) is 6.70. The Balaban J connectivity index is 1.68. The summed E-state index contributed by atoms with van der Waals surface area (Å²) < 4.78 is 13.7. The minimum Gasteiger partial charge on any atom is -0.480 e. The van der Waals surface area contributed by atoms with Gasteiger partial charge in [-0.05, 0) is 24.7 Å². The predicted octanol–water partition coefficient (Wildman–Crippen LogP) is 0.715. The van der Waals surface area contributed by atoms with Gasteiger partial charge < -0.3 is 20.2 Å². The second kappa shape index (κ2) is 5.92. The molecule has 0 bridgehead atoms. The van der Waals surface area contributed by atoms with E-state index in [1.54, 1.807) is 19.0 Å². The number of aromatic nitrogens is 2. The van der Waals surface area contributed by atoms with E-state index in [2.05, 4.69) is 15.3 Å². The molecule has 23 heavy (non-hydrogen) atoms. The summed E-state index contributed by atoms with van der Waals surface area (Å²) in [5.41, 5.74) is 0.0456. The maximum atomic E-state index is 13.7. The fourth-order valence-corrected chi connectivity index (χ4v) is 3.47. The van der Waals surface area contributed by atoms with Crippen molar-refractivity contribution in [2.75, 3.05) is 43.5 Å². The Hall–Kier alpha value is -1.96. The summed E-state index contributed by atoms with van der Waals surface area (Å²) in [5, 5.41) is 12.2. The molecule has 126 valence electrons. The Morgan fingerprint density at radius 1 is 1.48 bits per heavy atom. The third-order valence-corrected chi connectivity index (χ3v) is 4.90. The fourth-order valence-electron chi connectivity index (χ4n) is 3.47. The number of carboxylic acids is 1. The first kappa shape index (κ1) is 15.9. The van der Waals surface area contributed by atoms with E-state index >= 15 is 0 Å². The van der Waals surface area contributed by atoms with Gasteiger partial charge in [-0.15, -0.1) is 0 Å². The molecule has 2 aliphatic rings. The van der Waals surface area contributed by atoms with E-state index in [0.717, 1.165) is 32.5 Å². The van der Waals surface area contributed by atoms with Gasteiger partial charge in [0.25, 0.3) is 0 Å². The zero-order valence-electron chi connectivity index (χ0n) is 13.4. The third-order valence-electron chi connectivity index (χ3n) is 4.90. The molecule has 0 saturated carbocycles. The first-order valence-corrected chi connectivity index (χ1v) is 7.81. The molecule has 0 radical (unpaired) electrons. The zero-order valence-corrected chi connectivity index (χ0v) is 13.4. The van der Waals surface area contributed by atoms with Crippen LogP contribution >= 0.6 is 0 Å². The van der Waals surface area contributed by atoms with Gasteiger partial charge in [0.1, 0.15) is 6.04 Å². The predicted molar refractivity (Wildman–Crippen MR) is 84.2 cm³/mol. The molecule has 2 saturated heterocycles. The Bertz CT molecular complexity index is 602. The number of hydrogen-bond donors (Lipinski definition) is 2. The van der Waals surface area contributed by atoms with Crippen LogP contribution in [0.4, 0.5) is 16.2 Å². The Morgan fingerprint density at radius 3 is 2.74 bits per heavy atom. The molecule has 2 fully saturated rings. The van der Waals surface area contributed by atoms with E-state index < -0.39 is 17.8 Å². The maximum absolute atomic E-state index is 13.7. The van der Waals surface area contributed by atoms with Crippen molar-refractivity contribution < 1.29 is 14.3 Å². The lowest BCUT2D eigenvalue weighted by Crippen LogP contribution is -2.42. The normalized spacial score (nSPS) is 23.3. The van der Waals surface area contributed by atoms with Crippen LogP contribution in [0.5, 0.6) is 0 Å². The van der Waals surface area contributed by atoms with Crippen molar-refractivity contribution >= 4 is 17.7 Å². The molecular weight excluding hydrogens is 301 g/mol. The summed E-state index contributed by atoms with van der Waals surface area (Å²) in [4.78, 5) is 23.2. The molecule has 0 aliphatic carbocycles. The lowest BCUT2D eigenvalue weighted by molar-refractivity contribution is -0.139. The summed E-state index contributed by atoms with van der Waals surface area (Å²) in [6.45, 7) is 2.25. The highest BCUT2D eigenvalue weighted by atomic mass is 19.1. The molecule has 1 spiro atoms. The van der Waals surface area contributed by atoms with Crippen LogP contribution in [0.15, 0.2) is 6.20 Å². The molecule has 8 heteroatoms. The number of rotatable bonds is 3. The second-order valence-corrected chi connectivity index (χ2v) is 6.70. The van der Waals surface area contributed by atoms with Gasteiger partial charge in [-0.25, -0.2) is 9.37 Å². The van der Waals surface area contributed by atoms with Gasteiger partial charge in [-0.1, -0.05) is 0 Å². The maximum Gasteiger partial charge on any atom is 0.320 e. The van der Waals surface area contributed by atoms with Crippen LogP contribution in [0.25, 0.3) is 0 Å². The third kappa shape index (κ3) is 3.08. The number of halogens is 1. The van der Waals surface area contributed by atoms with Crippen LogP contribution in [-0.2, 0) is 4.79 Å². The molecule has 3 heterocycles. The number of nitrogens with zero attached hydrogens (tertiary/aromatic N) is 4. The van der Waals surface area contributed by atoms with Crippen molar-refractivity contribution in [1.29, 1.82) is 0 Å². The number of carboxylic acid groups (broad SMARTS) is 1. The van der Waals surface area contributed by atoms with E-state index in [0.29, 0.717) is 12.4 Å². The SMILES string of the molecule is CN(C)c1nc(N2CCC3(CC2)CN[C@@H](C(=O)O)C3)ncc1F. The first-order valence-electron chi connectivity index (χ1n) is 7.81. The minimum absolute atomic E-state index is 0.0456. The topological polar surface area (TPSA) is 81.6 Å². The van der Waals surface area contributed by atoms with E-state index in [1.165, 1.54) is 6.20 Å². The Morgan fingerprint density at radius 2 is 2.17 bits per heavy atom. The highest BCUT2D eigenvalue weighted by Crippen LogP contribution is 2.40. The highest BCUT2D eigenvalue weighted by Gasteiger charge is 2.43. The molecule has 0 unspecified atom stereocenters. The van der Waals surface area contributed by atoms with Gasteiger partial charge in [0, 0.05) is 33.7 Å². The van der Waals surface area contributed by atoms with Gasteiger partial charge in [0.05, 0.1) is 6.20 Å². The summed E-state index contributed by atoms with van der Waals surface area (Å²) in [6.07, 6.45) is 3.66. The molecule has 2 N–H and O–H groups in total. The molecule has 2 aliphatic heterocycles. The molecule has 1 aromatic heterocycles. The van der Waals surface area contributed by atoms with Crippen LogP contribution in [0, 0.1) is 11.2 Å². The summed E-state index contributed by atoms with van der Waals surface area (Å²) in [6, 6.07) is -0.441. The largest absolute Gasteiger partial charge is 0.480 e. The molecule has 1 atom stereocenters. The zero-order chi connectivity index (χ0) is 16.6. The van der Waals surface area contributed by atoms with Gasteiger partial charge in [-0.2, -0.15) is 4.98 Å². The van der Waals surface area contributed by atoms with Crippen molar-refractivity contribution in [3.63, 3.8) is 0 Å². The van der Waals surface area contributed by atoms with Gasteiger partial charge >= 0.3 is 5.97 Å². The number of aliphatic carboxylic acids is 1. The van der Waals surface area contributed by atoms with Crippen molar-refractivity contribution in [2.45, 2.75) is 25.3 Å². The summed E-state index contributed by atoms with van der Waals surface area (Å²) in [7, 11) is 3.49. The monoisotopic (exact) mass is 323 g/mol. The van der Waals surface area contributed by atoms with Crippen molar-refractivity contribution in [2.24, 2.45) is 5.41 Å². The number of anilines is 2. The van der Waals surface area contributed by atoms with E-state index in [1.807, 2.05) is 4.90 Å². The molecule has 3 rings (SSSR count). The van der Waals surface area contributed by atoms with Gasteiger partial charge in [-0.3, -0.25) is 4.79 Å². The molecule has 7 nitrogen and oxygen atoms in total. The first-order chi connectivity index (χ1) is 10.9. The molecule has 0 amide bonds. The number of hydrogen-bond acceptors (Lipinski definition) is 6.